The van der Waals surface area contributed by atoms with Crippen molar-refractivity contribution in [3.63, 3.8) is 0 Å². The molecule has 0 saturated carbocycles. The number of carbonyl (C=O) groups excluding carboxylic acids is 1. The summed E-state index contributed by atoms with van der Waals surface area (Å²) < 4.78 is 42.4. The van der Waals surface area contributed by atoms with Gasteiger partial charge in [0.1, 0.15) is 5.75 Å². The van der Waals surface area contributed by atoms with Crippen LogP contribution in [0.4, 0.5) is 18.9 Å². The number of hydrogen-bond acceptors (Lipinski definition) is 2. The molecule has 0 spiro atoms. The predicted molar refractivity (Wildman–Crippen MR) is 81.8 cm³/mol. The third kappa shape index (κ3) is 4.63. The first kappa shape index (κ1) is 17.1. The second kappa shape index (κ2) is 6.91. The largest absolute Gasteiger partial charge is 0.497 e. The van der Waals surface area contributed by atoms with E-state index in [1.165, 1.54) is 19.2 Å². The molecule has 0 aliphatic carbocycles. The van der Waals surface area contributed by atoms with Crippen LogP contribution in [0.2, 0.25) is 5.02 Å². The van der Waals surface area contributed by atoms with E-state index in [1.807, 2.05) is 0 Å². The number of ether oxygens (including phenoxy) is 1. The lowest BCUT2D eigenvalue weighted by molar-refractivity contribution is -0.137. The lowest BCUT2D eigenvalue weighted by Gasteiger charge is -2.10. The summed E-state index contributed by atoms with van der Waals surface area (Å²) in [5, 5.41) is 2.92. The molecule has 23 heavy (non-hydrogen) atoms. The first-order chi connectivity index (χ1) is 10.8. The number of anilines is 1. The summed E-state index contributed by atoms with van der Waals surface area (Å²) in [6.45, 7) is 0. The first-order valence-electron chi connectivity index (χ1n) is 6.59. The molecule has 0 heterocycles. The van der Waals surface area contributed by atoms with Crippen LogP contribution in [-0.4, -0.2) is 13.0 Å². The molecule has 1 amide bonds. The van der Waals surface area contributed by atoms with Crippen molar-refractivity contribution in [1.29, 1.82) is 0 Å². The van der Waals surface area contributed by atoms with Crippen LogP contribution in [0.1, 0.15) is 11.1 Å². The third-order valence-electron chi connectivity index (χ3n) is 3.10. The quantitative estimate of drug-likeness (QED) is 0.884. The number of methoxy groups -OCH3 is 1. The maximum Gasteiger partial charge on any atom is 0.416 e. The molecule has 0 bridgehead atoms. The van der Waals surface area contributed by atoms with E-state index in [4.69, 9.17) is 16.3 Å². The van der Waals surface area contributed by atoms with Crippen molar-refractivity contribution in [1.82, 2.24) is 0 Å². The average Bonchev–Trinajstić information content (AvgIpc) is 2.49. The van der Waals surface area contributed by atoms with Crippen LogP contribution < -0.4 is 10.1 Å². The van der Waals surface area contributed by atoms with Crippen LogP contribution >= 0.6 is 11.6 Å². The van der Waals surface area contributed by atoms with E-state index in [2.05, 4.69) is 5.32 Å². The number of amides is 1. The fourth-order valence-electron chi connectivity index (χ4n) is 1.92. The van der Waals surface area contributed by atoms with E-state index < -0.39 is 11.7 Å². The minimum atomic E-state index is -4.39. The lowest BCUT2D eigenvalue weighted by Crippen LogP contribution is -2.15. The highest BCUT2D eigenvalue weighted by Crippen LogP contribution is 2.29. The van der Waals surface area contributed by atoms with E-state index in [-0.39, 0.29) is 12.3 Å². The molecule has 0 aromatic heterocycles. The second-order valence-corrected chi connectivity index (χ2v) is 5.17. The van der Waals surface area contributed by atoms with Crippen LogP contribution in [0, 0.1) is 0 Å². The number of halogens is 4. The maximum atomic E-state index is 12.5. The number of alkyl halides is 3. The van der Waals surface area contributed by atoms with E-state index in [0.717, 1.165) is 12.1 Å². The summed E-state index contributed by atoms with van der Waals surface area (Å²) in [5.41, 5.74) is 0.129. The van der Waals surface area contributed by atoms with Gasteiger partial charge in [0.2, 0.25) is 5.91 Å². The standard InChI is InChI=1S/C16H13ClF3NO2/c1-23-12-6-7-14(13(17)9-12)21-15(22)8-10-2-4-11(5-3-10)16(18,19)20/h2-7,9H,8H2,1H3,(H,21,22). The SMILES string of the molecule is COc1ccc(NC(=O)Cc2ccc(C(F)(F)F)cc2)c(Cl)c1. The van der Waals surface area contributed by atoms with Gasteiger partial charge in [-0.25, -0.2) is 0 Å². The Hall–Kier alpha value is -2.21. The monoisotopic (exact) mass is 343 g/mol. The molecule has 0 saturated heterocycles. The molecule has 2 rings (SSSR count). The van der Waals surface area contributed by atoms with Gasteiger partial charge in [0.25, 0.3) is 0 Å². The van der Waals surface area contributed by atoms with Gasteiger partial charge in [-0.1, -0.05) is 23.7 Å². The number of hydrogen-bond donors (Lipinski definition) is 1. The van der Waals surface area contributed by atoms with Gasteiger partial charge in [-0.05, 0) is 29.8 Å². The topological polar surface area (TPSA) is 38.3 Å². The summed E-state index contributed by atoms with van der Waals surface area (Å²) in [4.78, 5) is 11.9. The molecular weight excluding hydrogens is 331 g/mol. The van der Waals surface area contributed by atoms with Crippen molar-refractivity contribution < 1.29 is 22.7 Å². The van der Waals surface area contributed by atoms with Gasteiger partial charge in [-0.3, -0.25) is 4.79 Å². The van der Waals surface area contributed by atoms with Crippen LogP contribution in [0.3, 0.4) is 0 Å². The first-order valence-corrected chi connectivity index (χ1v) is 6.97. The Morgan fingerprint density at radius 2 is 1.83 bits per heavy atom. The fraction of sp³-hybridized carbons (Fsp3) is 0.188. The molecular formula is C16H13ClF3NO2. The Labute approximate surface area is 136 Å². The number of carbonyl (C=O) groups is 1. The fourth-order valence-corrected chi connectivity index (χ4v) is 2.13. The Morgan fingerprint density at radius 3 is 2.35 bits per heavy atom. The molecule has 0 unspecified atom stereocenters. The van der Waals surface area contributed by atoms with Gasteiger partial charge >= 0.3 is 6.18 Å². The van der Waals surface area contributed by atoms with Crippen molar-refractivity contribution in [3.05, 3.63) is 58.6 Å². The molecule has 122 valence electrons. The van der Waals surface area contributed by atoms with Crippen LogP contribution in [0.5, 0.6) is 5.75 Å². The highest BCUT2D eigenvalue weighted by atomic mass is 35.5. The zero-order valence-corrected chi connectivity index (χ0v) is 12.8. The van der Waals surface area contributed by atoms with Crippen molar-refractivity contribution >= 4 is 23.2 Å². The van der Waals surface area contributed by atoms with E-state index in [9.17, 15) is 18.0 Å². The maximum absolute atomic E-state index is 12.5. The van der Waals surface area contributed by atoms with Gasteiger partial charge in [-0.15, -0.1) is 0 Å². The Kier molecular flexibility index (Phi) is 5.15. The minimum absolute atomic E-state index is 0.0551. The summed E-state index contributed by atoms with van der Waals surface area (Å²) in [6.07, 6.45) is -4.45. The summed E-state index contributed by atoms with van der Waals surface area (Å²) in [7, 11) is 1.49. The normalized spacial score (nSPS) is 11.2. The number of benzene rings is 2. The molecule has 0 fully saturated rings. The minimum Gasteiger partial charge on any atom is -0.497 e. The zero-order chi connectivity index (χ0) is 17.0. The van der Waals surface area contributed by atoms with Gasteiger partial charge in [-0.2, -0.15) is 13.2 Å². The number of rotatable bonds is 4. The van der Waals surface area contributed by atoms with Gasteiger partial charge in [0, 0.05) is 6.07 Å². The van der Waals surface area contributed by atoms with Crippen molar-refractivity contribution in [2.75, 3.05) is 12.4 Å². The third-order valence-corrected chi connectivity index (χ3v) is 3.41. The molecule has 0 aliphatic heterocycles. The highest BCUT2D eigenvalue weighted by molar-refractivity contribution is 6.33. The second-order valence-electron chi connectivity index (χ2n) is 4.77. The van der Waals surface area contributed by atoms with E-state index in [1.54, 1.807) is 18.2 Å². The molecule has 1 N–H and O–H groups in total. The smallest absolute Gasteiger partial charge is 0.416 e. The van der Waals surface area contributed by atoms with E-state index in [0.29, 0.717) is 22.0 Å². The molecule has 0 atom stereocenters. The van der Waals surface area contributed by atoms with E-state index >= 15 is 0 Å². The van der Waals surface area contributed by atoms with Crippen LogP contribution in [0.15, 0.2) is 42.5 Å². The van der Waals surface area contributed by atoms with Gasteiger partial charge in [0.05, 0.1) is 29.8 Å². The Bertz CT molecular complexity index is 699. The van der Waals surface area contributed by atoms with Crippen molar-refractivity contribution in [2.45, 2.75) is 12.6 Å². The Balaban J connectivity index is 2.02. The van der Waals surface area contributed by atoms with Crippen molar-refractivity contribution in [2.24, 2.45) is 0 Å². The summed E-state index contributed by atoms with van der Waals surface area (Å²) >= 11 is 6.01. The molecule has 2 aromatic carbocycles. The summed E-state index contributed by atoms with van der Waals surface area (Å²) in [6, 6.07) is 9.22. The molecule has 3 nitrogen and oxygen atoms in total. The highest BCUT2D eigenvalue weighted by Gasteiger charge is 2.29. The predicted octanol–water partition coefficient (Wildman–Crippen LogP) is 4.55. The molecule has 0 radical (unpaired) electrons. The summed E-state index contributed by atoms with van der Waals surface area (Å²) in [5.74, 6) is 0.174. The average molecular weight is 344 g/mol. The zero-order valence-electron chi connectivity index (χ0n) is 12.1. The molecule has 2 aromatic rings. The number of nitrogens with one attached hydrogen (secondary N) is 1. The van der Waals surface area contributed by atoms with Crippen molar-refractivity contribution in [3.8, 4) is 5.75 Å². The van der Waals surface area contributed by atoms with Gasteiger partial charge in [0.15, 0.2) is 0 Å². The van der Waals surface area contributed by atoms with Crippen LogP contribution in [-0.2, 0) is 17.4 Å². The lowest BCUT2D eigenvalue weighted by atomic mass is 10.1. The van der Waals surface area contributed by atoms with Gasteiger partial charge < -0.3 is 10.1 Å². The molecule has 7 heteroatoms. The van der Waals surface area contributed by atoms with Crippen LogP contribution in [0.25, 0.3) is 0 Å². The molecule has 0 aliphatic rings. The Morgan fingerprint density at radius 1 is 1.17 bits per heavy atom.